The number of thioether (sulfide) groups is 1. The number of ether oxygens (including phenoxy) is 1. The lowest BCUT2D eigenvalue weighted by Crippen LogP contribution is -2.36. The minimum Gasteiger partial charge on any atom is -0.476 e. The largest absolute Gasteiger partial charge is 0.597 e. The minimum atomic E-state index is -1.02. The van der Waals surface area contributed by atoms with E-state index >= 15 is 0 Å². The second kappa shape index (κ2) is 5.68. The topological polar surface area (TPSA) is 66.6 Å². The summed E-state index contributed by atoms with van der Waals surface area (Å²) in [6.45, 7) is 0.140. The molecule has 1 aliphatic rings. The molecule has 1 N–H and O–H groups in total. The van der Waals surface area contributed by atoms with Gasteiger partial charge in [-0.3, -0.25) is 0 Å². The molecule has 1 aromatic carbocycles. The van der Waals surface area contributed by atoms with Crippen LogP contribution in [0, 0.1) is 0 Å². The van der Waals surface area contributed by atoms with Gasteiger partial charge in [-0.2, -0.15) is 4.79 Å². The van der Waals surface area contributed by atoms with Crippen molar-refractivity contribution < 1.29 is 24.0 Å². The fourth-order valence-corrected chi connectivity index (χ4v) is 2.49. The average Bonchev–Trinajstić information content (AvgIpc) is 2.86. The van der Waals surface area contributed by atoms with Crippen LogP contribution in [0.3, 0.4) is 0 Å². The van der Waals surface area contributed by atoms with E-state index in [9.17, 15) is 9.59 Å². The third kappa shape index (κ3) is 2.89. The zero-order chi connectivity index (χ0) is 13.0. The number of carboxylic acid groups (broad SMARTS) is 1. The maximum absolute atomic E-state index is 11.7. The number of amides is 1. The first-order valence-electron chi connectivity index (χ1n) is 5.35. The molecule has 6 heteroatoms. The highest BCUT2D eigenvalue weighted by Crippen LogP contribution is 2.13. The Kier molecular flexibility index (Phi) is 3.99. The van der Waals surface area contributed by atoms with Crippen molar-refractivity contribution in [3.05, 3.63) is 35.9 Å². The highest BCUT2D eigenvalue weighted by molar-refractivity contribution is 8.12. The van der Waals surface area contributed by atoms with Gasteiger partial charge in [0.2, 0.25) is 5.55 Å². The molecule has 0 saturated heterocycles. The second-order valence-corrected chi connectivity index (χ2v) is 4.62. The summed E-state index contributed by atoms with van der Waals surface area (Å²) in [7, 11) is 0. The molecule has 2 rings (SSSR count). The SMILES string of the molecule is O=C(O)C1CSC=[N+]1C(=O)OCc1ccccc1. The molecule has 0 aliphatic carbocycles. The van der Waals surface area contributed by atoms with E-state index < -0.39 is 18.1 Å². The first kappa shape index (κ1) is 12.6. The van der Waals surface area contributed by atoms with E-state index in [4.69, 9.17) is 9.84 Å². The highest BCUT2D eigenvalue weighted by atomic mass is 32.2. The Hall–Kier alpha value is -1.82. The van der Waals surface area contributed by atoms with Gasteiger partial charge in [0.1, 0.15) is 6.61 Å². The van der Waals surface area contributed by atoms with Crippen LogP contribution in [0.2, 0.25) is 0 Å². The molecule has 1 aromatic rings. The number of carbonyl (C=O) groups is 2. The van der Waals surface area contributed by atoms with Gasteiger partial charge in [0.25, 0.3) is 6.04 Å². The molecule has 0 fully saturated rings. The Morgan fingerprint density at radius 2 is 2.11 bits per heavy atom. The van der Waals surface area contributed by atoms with E-state index in [0.717, 1.165) is 10.1 Å². The predicted molar refractivity (Wildman–Crippen MR) is 66.8 cm³/mol. The fourth-order valence-electron chi connectivity index (χ4n) is 1.52. The Morgan fingerprint density at radius 1 is 1.39 bits per heavy atom. The maximum Gasteiger partial charge on any atom is 0.597 e. The number of carboxylic acids is 1. The maximum atomic E-state index is 11.7. The smallest absolute Gasteiger partial charge is 0.476 e. The standard InChI is InChI=1S/C12H11NO4S/c14-11(15)10-7-18-8-13(10)12(16)17-6-9-4-2-1-3-5-9/h1-5,8,10H,6-7H2/p+1. The van der Waals surface area contributed by atoms with Crippen molar-refractivity contribution in [1.82, 2.24) is 0 Å². The quantitative estimate of drug-likeness (QED) is 0.841. The van der Waals surface area contributed by atoms with Crippen LogP contribution in [-0.2, 0) is 16.1 Å². The number of carbonyl (C=O) groups excluding carboxylic acids is 1. The van der Waals surface area contributed by atoms with E-state index in [1.54, 1.807) is 0 Å². The van der Waals surface area contributed by atoms with E-state index in [1.165, 1.54) is 17.3 Å². The van der Waals surface area contributed by atoms with Crippen LogP contribution >= 0.6 is 11.8 Å². The van der Waals surface area contributed by atoms with Crippen LogP contribution in [0.15, 0.2) is 30.3 Å². The van der Waals surface area contributed by atoms with Gasteiger partial charge in [0, 0.05) is 0 Å². The first-order chi connectivity index (χ1) is 8.68. The van der Waals surface area contributed by atoms with E-state index in [2.05, 4.69) is 0 Å². The molecule has 1 aliphatic heterocycles. The van der Waals surface area contributed by atoms with Crippen molar-refractivity contribution in [3.8, 4) is 0 Å². The second-order valence-electron chi connectivity index (χ2n) is 3.74. The summed E-state index contributed by atoms with van der Waals surface area (Å²) in [5.74, 6) is -0.664. The Balaban J connectivity index is 1.94. The molecule has 1 atom stereocenters. The summed E-state index contributed by atoms with van der Waals surface area (Å²) in [5, 5.41) is 8.94. The summed E-state index contributed by atoms with van der Waals surface area (Å²) >= 11 is 1.29. The van der Waals surface area contributed by atoms with Crippen LogP contribution in [0.25, 0.3) is 0 Å². The minimum absolute atomic E-state index is 0.140. The molecule has 0 spiro atoms. The summed E-state index contributed by atoms with van der Waals surface area (Å²) in [4.78, 5) is 22.6. The Bertz CT molecular complexity index is 486. The van der Waals surface area contributed by atoms with Crippen molar-refractivity contribution in [3.63, 3.8) is 0 Å². The number of aliphatic carboxylic acids is 1. The molecule has 94 valence electrons. The number of benzene rings is 1. The van der Waals surface area contributed by atoms with Crippen molar-refractivity contribution in [2.45, 2.75) is 12.6 Å². The molecule has 0 radical (unpaired) electrons. The van der Waals surface area contributed by atoms with Crippen LogP contribution in [0.4, 0.5) is 4.79 Å². The van der Waals surface area contributed by atoms with Gasteiger partial charge in [0.05, 0.1) is 5.75 Å². The van der Waals surface area contributed by atoms with Gasteiger partial charge in [-0.1, -0.05) is 42.1 Å². The van der Waals surface area contributed by atoms with Crippen molar-refractivity contribution in [1.29, 1.82) is 0 Å². The van der Waals surface area contributed by atoms with Crippen molar-refractivity contribution >= 4 is 29.4 Å². The lowest BCUT2D eigenvalue weighted by atomic mass is 10.2. The molecule has 1 heterocycles. The first-order valence-corrected chi connectivity index (χ1v) is 6.40. The van der Waals surface area contributed by atoms with Crippen LogP contribution < -0.4 is 0 Å². The lowest BCUT2D eigenvalue weighted by Gasteiger charge is -2.04. The zero-order valence-electron chi connectivity index (χ0n) is 9.48. The van der Waals surface area contributed by atoms with Gasteiger partial charge in [-0.25, -0.2) is 4.79 Å². The number of hydrogen-bond acceptors (Lipinski definition) is 4. The summed E-state index contributed by atoms with van der Waals surface area (Å²) < 4.78 is 6.19. The van der Waals surface area contributed by atoms with Gasteiger partial charge in [-0.15, -0.1) is 4.58 Å². The van der Waals surface area contributed by atoms with Crippen LogP contribution in [-0.4, -0.2) is 39.1 Å². The van der Waals surface area contributed by atoms with E-state index in [-0.39, 0.29) is 6.61 Å². The van der Waals surface area contributed by atoms with Gasteiger partial charge in [-0.05, 0) is 5.56 Å². The summed E-state index contributed by atoms with van der Waals surface area (Å²) in [6.07, 6.45) is -0.628. The van der Waals surface area contributed by atoms with Gasteiger partial charge >= 0.3 is 12.1 Å². The number of hydrogen-bond donors (Lipinski definition) is 1. The molecular weight excluding hydrogens is 254 g/mol. The van der Waals surface area contributed by atoms with Crippen molar-refractivity contribution in [2.24, 2.45) is 0 Å². The normalized spacial score (nSPS) is 18.2. The monoisotopic (exact) mass is 266 g/mol. The third-order valence-corrected chi connectivity index (χ3v) is 3.36. The molecular formula is C12H12NO4S+. The van der Waals surface area contributed by atoms with E-state index in [0.29, 0.717) is 5.75 Å². The van der Waals surface area contributed by atoms with E-state index in [1.807, 2.05) is 30.3 Å². The van der Waals surface area contributed by atoms with Gasteiger partial charge in [0.15, 0.2) is 0 Å². The zero-order valence-corrected chi connectivity index (χ0v) is 10.3. The fraction of sp³-hybridized carbons (Fsp3) is 0.250. The van der Waals surface area contributed by atoms with Gasteiger partial charge < -0.3 is 9.84 Å². The summed E-state index contributed by atoms with van der Waals surface area (Å²) in [5.41, 5.74) is 2.36. The molecule has 0 saturated carbocycles. The molecule has 1 amide bonds. The Labute approximate surface area is 108 Å². The highest BCUT2D eigenvalue weighted by Gasteiger charge is 2.40. The number of nitrogens with zero attached hydrogens (tertiary/aromatic N) is 1. The molecule has 0 aromatic heterocycles. The molecule has 18 heavy (non-hydrogen) atoms. The number of rotatable bonds is 3. The predicted octanol–water partition coefficient (Wildman–Crippen LogP) is 1.56. The third-order valence-electron chi connectivity index (χ3n) is 2.48. The lowest BCUT2D eigenvalue weighted by molar-refractivity contribution is -0.462. The molecule has 1 unspecified atom stereocenters. The van der Waals surface area contributed by atoms with Crippen LogP contribution in [0.1, 0.15) is 5.56 Å². The van der Waals surface area contributed by atoms with Crippen molar-refractivity contribution in [2.75, 3.05) is 5.75 Å². The molecule has 5 nitrogen and oxygen atoms in total. The molecule has 0 bridgehead atoms. The summed E-state index contributed by atoms with van der Waals surface area (Å²) in [6, 6.07) is 8.41. The Morgan fingerprint density at radius 3 is 2.78 bits per heavy atom. The average molecular weight is 266 g/mol. The van der Waals surface area contributed by atoms with Crippen LogP contribution in [0.5, 0.6) is 0 Å².